The van der Waals surface area contributed by atoms with Crippen LogP contribution in [0.3, 0.4) is 0 Å². The Balaban J connectivity index is 2.18. The molecule has 2 rings (SSSR count). The third-order valence-corrected chi connectivity index (χ3v) is 5.42. The molecule has 0 aromatic carbocycles. The Bertz CT molecular complexity index is 578. The monoisotopic (exact) mass is 269 g/mol. The normalized spacial score (nSPS) is 20.4. The van der Waals surface area contributed by atoms with Crippen molar-refractivity contribution < 1.29 is 13.2 Å². The largest absolute Gasteiger partial charge is 0.373 e. The molecule has 0 saturated carbocycles. The molecule has 18 heavy (non-hydrogen) atoms. The van der Waals surface area contributed by atoms with Crippen LogP contribution in [0.25, 0.3) is 0 Å². The Morgan fingerprint density at radius 3 is 2.50 bits per heavy atom. The number of carbonyl (C=O) groups is 1. The zero-order chi connectivity index (χ0) is 13.6. The number of sulfonamides is 1. The summed E-state index contributed by atoms with van der Waals surface area (Å²) < 4.78 is 23.4. The fourth-order valence-electron chi connectivity index (χ4n) is 1.74. The zero-order valence-corrected chi connectivity index (χ0v) is 11.3. The second-order valence-corrected chi connectivity index (χ2v) is 7.04. The standard InChI is InChI=1S/C11H15N3O3S/c1-11(2)10(15)14(18(11,16)17)7-8-4-5-9(12-3)13-6-8/h4-6H,7H2,1-3H3,(H,12,13). The Hall–Kier alpha value is -1.63. The van der Waals surface area contributed by atoms with Gasteiger partial charge in [-0.05, 0) is 25.5 Å². The zero-order valence-electron chi connectivity index (χ0n) is 10.5. The van der Waals surface area contributed by atoms with E-state index in [9.17, 15) is 13.2 Å². The third kappa shape index (κ3) is 1.66. The van der Waals surface area contributed by atoms with Crippen molar-refractivity contribution in [2.24, 2.45) is 0 Å². The lowest BCUT2D eigenvalue weighted by Crippen LogP contribution is -2.66. The molecule has 0 unspecified atom stereocenters. The lowest BCUT2D eigenvalue weighted by molar-refractivity contribution is -0.132. The van der Waals surface area contributed by atoms with Gasteiger partial charge < -0.3 is 5.32 Å². The minimum Gasteiger partial charge on any atom is -0.373 e. The average Bonchev–Trinajstić information content (AvgIpc) is 2.35. The first-order chi connectivity index (χ1) is 8.30. The predicted molar refractivity (Wildman–Crippen MR) is 67.3 cm³/mol. The lowest BCUT2D eigenvalue weighted by atomic mass is 10.1. The molecule has 1 fully saturated rings. The molecule has 1 amide bonds. The number of rotatable bonds is 3. The van der Waals surface area contributed by atoms with E-state index in [-0.39, 0.29) is 12.5 Å². The highest BCUT2D eigenvalue weighted by Crippen LogP contribution is 2.35. The van der Waals surface area contributed by atoms with Crippen LogP contribution in [0.15, 0.2) is 18.3 Å². The molecule has 0 bridgehead atoms. The minimum absolute atomic E-state index is 0.0432. The van der Waals surface area contributed by atoms with Gasteiger partial charge in [0, 0.05) is 13.2 Å². The second kappa shape index (κ2) is 3.94. The van der Waals surface area contributed by atoms with Crippen LogP contribution in [-0.4, -0.2) is 35.4 Å². The van der Waals surface area contributed by atoms with E-state index < -0.39 is 14.8 Å². The summed E-state index contributed by atoms with van der Waals surface area (Å²) in [5.74, 6) is 0.317. The van der Waals surface area contributed by atoms with Crippen LogP contribution in [0, 0.1) is 0 Å². The van der Waals surface area contributed by atoms with Gasteiger partial charge in [0.15, 0.2) is 4.75 Å². The quantitative estimate of drug-likeness (QED) is 0.868. The molecule has 1 saturated heterocycles. The maximum absolute atomic E-state index is 11.9. The Morgan fingerprint density at radius 2 is 2.06 bits per heavy atom. The van der Waals surface area contributed by atoms with Crippen LogP contribution in [0.1, 0.15) is 19.4 Å². The summed E-state index contributed by atoms with van der Waals surface area (Å²) in [4.78, 5) is 15.8. The Morgan fingerprint density at radius 1 is 1.39 bits per heavy atom. The number of nitrogens with one attached hydrogen (secondary N) is 1. The van der Waals surface area contributed by atoms with Gasteiger partial charge in [-0.3, -0.25) is 4.79 Å². The van der Waals surface area contributed by atoms with E-state index in [1.807, 2.05) is 0 Å². The van der Waals surface area contributed by atoms with Crippen molar-refractivity contribution in [2.75, 3.05) is 12.4 Å². The molecular formula is C11H15N3O3S. The molecule has 6 nitrogen and oxygen atoms in total. The molecule has 1 aromatic heterocycles. The summed E-state index contributed by atoms with van der Waals surface area (Å²) >= 11 is 0. The molecule has 0 aliphatic carbocycles. The van der Waals surface area contributed by atoms with Crippen LogP contribution < -0.4 is 5.32 Å². The molecule has 1 N–H and O–H groups in total. The van der Waals surface area contributed by atoms with Crippen molar-refractivity contribution in [3.8, 4) is 0 Å². The molecule has 98 valence electrons. The fraction of sp³-hybridized carbons (Fsp3) is 0.455. The van der Waals surface area contributed by atoms with Crippen molar-refractivity contribution >= 4 is 21.7 Å². The van der Waals surface area contributed by atoms with E-state index in [2.05, 4.69) is 10.3 Å². The molecular weight excluding hydrogens is 254 g/mol. The summed E-state index contributed by atoms with van der Waals surface area (Å²) in [5.41, 5.74) is 0.682. The first-order valence-electron chi connectivity index (χ1n) is 5.50. The molecule has 0 spiro atoms. The van der Waals surface area contributed by atoms with E-state index >= 15 is 0 Å². The lowest BCUT2D eigenvalue weighted by Gasteiger charge is -2.42. The highest BCUT2D eigenvalue weighted by atomic mass is 32.2. The molecule has 0 radical (unpaired) electrons. The van der Waals surface area contributed by atoms with Gasteiger partial charge in [0.25, 0.3) is 15.9 Å². The minimum atomic E-state index is -3.52. The summed E-state index contributed by atoms with van der Waals surface area (Å²) in [7, 11) is -1.78. The van der Waals surface area contributed by atoms with E-state index in [1.165, 1.54) is 13.8 Å². The molecule has 0 atom stereocenters. The number of amides is 1. The van der Waals surface area contributed by atoms with Crippen LogP contribution in [0.2, 0.25) is 0 Å². The van der Waals surface area contributed by atoms with Gasteiger partial charge in [-0.15, -0.1) is 0 Å². The Kier molecular flexibility index (Phi) is 2.81. The van der Waals surface area contributed by atoms with Gasteiger partial charge in [0.2, 0.25) is 0 Å². The maximum atomic E-state index is 11.9. The number of hydrogen-bond acceptors (Lipinski definition) is 5. The summed E-state index contributed by atoms with van der Waals surface area (Å²) in [6.45, 7) is 2.88. The summed E-state index contributed by atoms with van der Waals surface area (Å²) in [5, 5.41) is 2.86. The van der Waals surface area contributed by atoms with Gasteiger partial charge in [-0.1, -0.05) is 6.07 Å². The van der Waals surface area contributed by atoms with Crippen molar-refractivity contribution in [2.45, 2.75) is 25.1 Å². The Labute approximate surface area is 106 Å². The van der Waals surface area contributed by atoms with Gasteiger partial charge >= 0.3 is 0 Å². The molecule has 1 aliphatic rings. The topological polar surface area (TPSA) is 79.4 Å². The highest BCUT2D eigenvalue weighted by Gasteiger charge is 2.59. The number of pyridine rings is 1. The smallest absolute Gasteiger partial charge is 0.259 e. The van der Waals surface area contributed by atoms with E-state index in [1.54, 1.807) is 25.4 Å². The van der Waals surface area contributed by atoms with Crippen LogP contribution in [0.4, 0.5) is 5.82 Å². The van der Waals surface area contributed by atoms with Crippen molar-refractivity contribution in [3.05, 3.63) is 23.9 Å². The third-order valence-electron chi connectivity index (χ3n) is 3.08. The van der Waals surface area contributed by atoms with Gasteiger partial charge in [0.05, 0.1) is 6.54 Å². The van der Waals surface area contributed by atoms with E-state index in [0.29, 0.717) is 11.4 Å². The van der Waals surface area contributed by atoms with Crippen LogP contribution in [0.5, 0.6) is 0 Å². The SMILES string of the molecule is CNc1ccc(CN2C(=O)C(C)(C)S2(=O)=O)cn1. The van der Waals surface area contributed by atoms with Crippen molar-refractivity contribution in [1.82, 2.24) is 9.29 Å². The summed E-state index contributed by atoms with van der Waals surface area (Å²) in [6, 6.07) is 3.48. The van der Waals surface area contributed by atoms with Gasteiger partial charge in [0.1, 0.15) is 5.82 Å². The number of hydrogen-bond donors (Lipinski definition) is 1. The van der Waals surface area contributed by atoms with Crippen LogP contribution >= 0.6 is 0 Å². The number of nitrogens with zero attached hydrogens (tertiary/aromatic N) is 2. The summed E-state index contributed by atoms with van der Waals surface area (Å²) in [6.07, 6.45) is 1.56. The molecule has 1 aliphatic heterocycles. The van der Waals surface area contributed by atoms with Crippen LogP contribution in [-0.2, 0) is 21.4 Å². The predicted octanol–water partition coefficient (Wildman–Crippen LogP) is 0.574. The van der Waals surface area contributed by atoms with E-state index in [0.717, 1.165) is 4.31 Å². The fourth-order valence-corrected chi connectivity index (χ4v) is 3.26. The molecule has 7 heteroatoms. The number of aromatic nitrogens is 1. The number of carbonyl (C=O) groups excluding carboxylic acids is 1. The van der Waals surface area contributed by atoms with Gasteiger partial charge in [-0.25, -0.2) is 17.7 Å². The number of anilines is 1. The first-order valence-corrected chi connectivity index (χ1v) is 6.94. The average molecular weight is 269 g/mol. The van der Waals surface area contributed by atoms with E-state index in [4.69, 9.17) is 0 Å². The van der Waals surface area contributed by atoms with Gasteiger partial charge in [-0.2, -0.15) is 0 Å². The molecule has 1 aromatic rings. The first kappa shape index (κ1) is 12.8. The highest BCUT2D eigenvalue weighted by molar-refractivity contribution is 7.94. The molecule has 2 heterocycles. The van der Waals surface area contributed by atoms with Crippen molar-refractivity contribution in [1.29, 1.82) is 0 Å². The second-order valence-electron chi connectivity index (χ2n) is 4.63. The maximum Gasteiger partial charge on any atom is 0.259 e. The van der Waals surface area contributed by atoms with Crippen molar-refractivity contribution in [3.63, 3.8) is 0 Å².